The number of ether oxygens (including phenoxy) is 1. The summed E-state index contributed by atoms with van der Waals surface area (Å²) in [7, 11) is 1.65. The average molecular weight is 395 g/mol. The molecule has 0 saturated carbocycles. The molecule has 0 aliphatic carbocycles. The number of hydrogen-bond donors (Lipinski definition) is 1. The number of aromatic nitrogens is 1. The summed E-state index contributed by atoms with van der Waals surface area (Å²) in [6.07, 6.45) is 2.98. The predicted octanol–water partition coefficient (Wildman–Crippen LogP) is 4.43. The minimum atomic E-state index is -0.329. The van der Waals surface area contributed by atoms with Crippen LogP contribution < -0.4 is 10.1 Å². The summed E-state index contributed by atoms with van der Waals surface area (Å²) >= 11 is 6.01. The van der Waals surface area contributed by atoms with Crippen molar-refractivity contribution >= 4 is 17.5 Å². The third-order valence-corrected chi connectivity index (χ3v) is 4.87. The second-order valence-electron chi connectivity index (χ2n) is 6.48. The first kappa shape index (κ1) is 19.9. The number of carbonyl (C=O) groups is 1. The molecule has 3 aromatic rings. The van der Waals surface area contributed by atoms with Crippen LogP contribution >= 0.6 is 11.6 Å². The standard InChI is InChI=1S/C23H23ClN2O2/c1-28-22-8-3-2-6-18(22)13-15-26-23(27)21(16-20-7-4-5-14-25-20)17-9-11-19(24)12-10-17/h2-12,14,21H,13,15-16H2,1H3,(H,26,27). The molecule has 0 fully saturated rings. The molecule has 28 heavy (non-hydrogen) atoms. The van der Waals surface area contributed by atoms with Crippen molar-refractivity contribution in [2.24, 2.45) is 0 Å². The fraction of sp³-hybridized carbons (Fsp3) is 0.217. The maximum atomic E-state index is 13.0. The number of benzene rings is 2. The fourth-order valence-corrected chi connectivity index (χ4v) is 3.26. The number of pyridine rings is 1. The van der Waals surface area contributed by atoms with Crippen molar-refractivity contribution < 1.29 is 9.53 Å². The van der Waals surface area contributed by atoms with Crippen LogP contribution in [0.5, 0.6) is 5.75 Å². The summed E-state index contributed by atoms with van der Waals surface area (Å²) in [6, 6.07) is 21.0. The second kappa shape index (κ2) is 9.90. The van der Waals surface area contributed by atoms with Crippen molar-refractivity contribution in [2.75, 3.05) is 13.7 Å². The summed E-state index contributed by atoms with van der Waals surface area (Å²) in [5.41, 5.74) is 2.87. The Morgan fingerprint density at radius 1 is 1.07 bits per heavy atom. The van der Waals surface area contributed by atoms with Gasteiger partial charge in [-0.15, -0.1) is 0 Å². The number of hydrogen-bond acceptors (Lipinski definition) is 3. The molecule has 1 amide bonds. The van der Waals surface area contributed by atoms with Crippen molar-refractivity contribution in [1.29, 1.82) is 0 Å². The van der Waals surface area contributed by atoms with E-state index in [2.05, 4.69) is 10.3 Å². The molecular formula is C23H23ClN2O2. The zero-order valence-electron chi connectivity index (χ0n) is 15.8. The van der Waals surface area contributed by atoms with Gasteiger partial charge in [-0.1, -0.05) is 48.0 Å². The van der Waals surface area contributed by atoms with E-state index in [-0.39, 0.29) is 11.8 Å². The van der Waals surface area contributed by atoms with Gasteiger partial charge in [0, 0.05) is 29.9 Å². The molecule has 0 aliphatic rings. The highest BCUT2D eigenvalue weighted by atomic mass is 35.5. The maximum Gasteiger partial charge on any atom is 0.227 e. The molecule has 0 spiro atoms. The third kappa shape index (κ3) is 5.33. The number of rotatable bonds is 8. The Hall–Kier alpha value is -2.85. The quantitative estimate of drug-likeness (QED) is 0.615. The van der Waals surface area contributed by atoms with Crippen LogP contribution in [0.1, 0.15) is 22.7 Å². The molecule has 0 radical (unpaired) electrons. The molecule has 0 saturated heterocycles. The van der Waals surface area contributed by atoms with Crippen LogP contribution in [0.4, 0.5) is 0 Å². The average Bonchev–Trinajstić information content (AvgIpc) is 2.74. The van der Waals surface area contributed by atoms with Gasteiger partial charge in [-0.05, 0) is 47.9 Å². The first-order valence-electron chi connectivity index (χ1n) is 9.22. The highest BCUT2D eigenvalue weighted by Gasteiger charge is 2.21. The number of carbonyl (C=O) groups excluding carboxylic acids is 1. The van der Waals surface area contributed by atoms with E-state index in [1.807, 2.05) is 66.7 Å². The minimum absolute atomic E-state index is 0.0251. The molecule has 0 bridgehead atoms. The van der Waals surface area contributed by atoms with E-state index < -0.39 is 0 Å². The van der Waals surface area contributed by atoms with Crippen LogP contribution in [0.2, 0.25) is 5.02 Å². The number of methoxy groups -OCH3 is 1. The number of halogens is 1. The van der Waals surface area contributed by atoms with Crippen LogP contribution in [0.3, 0.4) is 0 Å². The molecule has 3 rings (SSSR count). The van der Waals surface area contributed by atoms with E-state index in [0.717, 1.165) is 22.6 Å². The van der Waals surface area contributed by atoms with Crippen molar-refractivity contribution in [3.05, 3.63) is 94.8 Å². The van der Waals surface area contributed by atoms with Crippen LogP contribution in [0.15, 0.2) is 72.9 Å². The molecule has 2 aromatic carbocycles. The smallest absolute Gasteiger partial charge is 0.227 e. The van der Waals surface area contributed by atoms with Crippen LogP contribution in [0.25, 0.3) is 0 Å². The second-order valence-corrected chi connectivity index (χ2v) is 6.92. The van der Waals surface area contributed by atoms with Gasteiger partial charge in [0.2, 0.25) is 5.91 Å². The normalized spacial score (nSPS) is 11.6. The monoisotopic (exact) mass is 394 g/mol. The Morgan fingerprint density at radius 2 is 1.82 bits per heavy atom. The Bertz CT molecular complexity index is 898. The molecule has 1 heterocycles. The van der Waals surface area contributed by atoms with Gasteiger partial charge in [0.1, 0.15) is 5.75 Å². The lowest BCUT2D eigenvalue weighted by molar-refractivity contribution is -0.122. The molecule has 1 N–H and O–H groups in total. The summed E-state index contributed by atoms with van der Waals surface area (Å²) < 4.78 is 5.38. The van der Waals surface area contributed by atoms with E-state index >= 15 is 0 Å². The lowest BCUT2D eigenvalue weighted by Gasteiger charge is -2.17. The molecule has 0 aliphatic heterocycles. The molecule has 1 unspecified atom stereocenters. The van der Waals surface area contributed by atoms with E-state index in [9.17, 15) is 4.79 Å². The van der Waals surface area contributed by atoms with Gasteiger partial charge in [-0.25, -0.2) is 0 Å². The minimum Gasteiger partial charge on any atom is -0.496 e. The molecule has 1 atom stereocenters. The van der Waals surface area contributed by atoms with E-state index in [4.69, 9.17) is 16.3 Å². The van der Waals surface area contributed by atoms with E-state index in [1.54, 1.807) is 13.3 Å². The zero-order valence-corrected chi connectivity index (χ0v) is 16.5. The first-order valence-corrected chi connectivity index (χ1v) is 9.60. The summed E-state index contributed by atoms with van der Waals surface area (Å²) in [4.78, 5) is 17.3. The van der Waals surface area contributed by atoms with Crippen molar-refractivity contribution in [3.63, 3.8) is 0 Å². The number of nitrogens with one attached hydrogen (secondary N) is 1. The summed E-state index contributed by atoms with van der Waals surface area (Å²) in [6.45, 7) is 0.533. The number of para-hydroxylation sites is 1. The van der Waals surface area contributed by atoms with Gasteiger partial charge in [0.15, 0.2) is 0 Å². The highest BCUT2D eigenvalue weighted by Crippen LogP contribution is 2.23. The highest BCUT2D eigenvalue weighted by molar-refractivity contribution is 6.30. The molecule has 5 heteroatoms. The Morgan fingerprint density at radius 3 is 2.54 bits per heavy atom. The van der Waals surface area contributed by atoms with Gasteiger partial charge in [-0.3, -0.25) is 9.78 Å². The number of nitrogens with zero attached hydrogens (tertiary/aromatic N) is 1. The van der Waals surface area contributed by atoms with E-state index in [0.29, 0.717) is 24.4 Å². The van der Waals surface area contributed by atoms with Crippen LogP contribution in [-0.4, -0.2) is 24.5 Å². The largest absolute Gasteiger partial charge is 0.496 e. The zero-order chi connectivity index (χ0) is 19.8. The maximum absolute atomic E-state index is 13.0. The van der Waals surface area contributed by atoms with Crippen molar-refractivity contribution in [3.8, 4) is 5.75 Å². The molecule has 4 nitrogen and oxygen atoms in total. The topological polar surface area (TPSA) is 51.2 Å². The number of amides is 1. The van der Waals surface area contributed by atoms with Crippen molar-refractivity contribution in [1.82, 2.24) is 10.3 Å². The lowest BCUT2D eigenvalue weighted by atomic mass is 9.93. The van der Waals surface area contributed by atoms with Gasteiger partial charge in [0.25, 0.3) is 0 Å². The molecule has 144 valence electrons. The van der Waals surface area contributed by atoms with Gasteiger partial charge in [-0.2, -0.15) is 0 Å². The Labute approximate surface area is 170 Å². The fourth-order valence-electron chi connectivity index (χ4n) is 3.14. The van der Waals surface area contributed by atoms with Gasteiger partial charge >= 0.3 is 0 Å². The Balaban J connectivity index is 1.70. The van der Waals surface area contributed by atoms with E-state index in [1.165, 1.54) is 0 Å². The predicted molar refractivity (Wildman–Crippen MR) is 112 cm³/mol. The van der Waals surface area contributed by atoms with Crippen LogP contribution in [-0.2, 0) is 17.6 Å². The summed E-state index contributed by atoms with van der Waals surface area (Å²) in [5, 5.41) is 3.71. The van der Waals surface area contributed by atoms with Gasteiger partial charge < -0.3 is 10.1 Å². The summed E-state index contributed by atoms with van der Waals surface area (Å²) in [5.74, 6) is 0.479. The SMILES string of the molecule is COc1ccccc1CCNC(=O)C(Cc1ccccn1)c1ccc(Cl)cc1. The molecular weight excluding hydrogens is 372 g/mol. The van der Waals surface area contributed by atoms with Crippen LogP contribution in [0, 0.1) is 0 Å². The lowest BCUT2D eigenvalue weighted by Crippen LogP contribution is -2.32. The van der Waals surface area contributed by atoms with Crippen molar-refractivity contribution in [2.45, 2.75) is 18.8 Å². The Kier molecular flexibility index (Phi) is 7.04. The third-order valence-electron chi connectivity index (χ3n) is 4.61. The molecule has 1 aromatic heterocycles. The van der Waals surface area contributed by atoms with Gasteiger partial charge in [0.05, 0.1) is 13.0 Å². The first-order chi connectivity index (χ1) is 13.7.